The molecule has 0 aliphatic heterocycles. The molecule has 2 aromatic rings. The minimum atomic E-state index is -4.72. The number of carbonyl (C=O) groups excluding carboxylic acids is 1. The monoisotopic (exact) mass is 365 g/mol. The molecule has 0 saturated carbocycles. The summed E-state index contributed by atoms with van der Waals surface area (Å²) >= 11 is 0. The van der Waals surface area contributed by atoms with Crippen molar-refractivity contribution in [2.45, 2.75) is 12.4 Å². The van der Waals surface area contributed by atoms with Gasteiger partial charge in [0, 0.05) is 12.3 Å². The number of halogens is 6. The SMILES string of the molecule is O=C(Oc1ccccc1C(F)(F)F)c1ccc(OCC(F)(F)F)nc1. The van der Waals surface area contributed by atoms with Gasteiger partial charge in [-0.3, -0.25) is 0 Å². The van der Waals surface area contributed by atoms with Crippen molar-refractivity contribution in [1.82, 2.24) is 4.98 Å². The van der Waals surface area contributed by atoms with Gasteiger partial charge < -0.3 is 9.47 Å². The molecular formula is C15H9F6NO3. The van der Waals surface area contributed by atoms with Crippen LogP contribution in [0, 0.1) is 0 Å². The summed E-state index contributed by atoms with van der Waals surface area (Å²) < 4.78 is 83.5. The maximum Gasteiger partial charge on any atom is 0.422 e. The van der Waals surface area contributed by atoms with Gasteiger partial charge in [-0.15, -0.1) is 0 Å². The van der Waals surface area contributed by atoms with Crippen LogP contribution in [0.4, 0.5) is 26.3 Å². The van der Waals surface area contributed by atoms with E-state index in [1.807, 2.05) is 0 Å². The van der Waals surface area contributed by atoms with Crippen molar-refractivity contribution in [3.63, 3.8) is 0 Å². The highest BCUT2D eigenvalue weighted by molar-refractivity contribution is 5.90. The lowest BCUT2D eigenvalue weighted by Gasteiger charge is -2.12. The highest BCUT2D eigenvalue weighted by Gasteiger charge is 2.34. The van der Waals surface area contributed by atoms with Gasteiger partial charge in [-0.2, -0.15) is 26.3 Å². The first-order valence-corrected chi connectivity index (χ1v) is 6.60. The molecule has 0 spiro atoms. The summed E-state index contributed by atoms with van der Waals surface area (Å²) in [5, 5.41) is 0. The minimum absolute atomic E-state index is 0.253. The van der Waals surface area contributed by atoms with E-state index in [-0.39, 0.29) is 5.56 Å². The number of pyridine rings is 1. The van der Waals surface area contributed by atoms with Crippen molar-refractivity contribution in [1.29, 1.82) is 0 Å². The number of hydrogen-bond donors (Lipinski definition) is 0. The lowest BCUT2D eigenvalue weighted by Crippen LogP contribution is -2.19. The topological polar surface area (TPSA) is 48.4 Å². The molecule has 0 aliphatic rings. The fourth-order valence-corrected chi connectivity index (χ4v) is 1.69. The normalized spacial score (nSPS) is 11.9. The maximum absolute atomic E-state index is 12.8. The summed E-state index contributed by atoms with van der Waals surface area (Å²) in [7, 11) is 0. The van der Waals surface area contributed by atoms with E-state index in [4.69, 9.17) is 4.74 Å². The molecule has 0 saturated heterocycles. The fourth-order valence-electron chi connectivity index (χ4n) is 1.69. The molecular weight excluding hydrogens is 356 g/mol. The van der Waals surface area contributed by atoms with Gasteiger partial charge >= 0.3 is 18.3 Å². The number of esters is 1. The van der Waals surface area contributed by atoms with Crippen molar-refractivity contribution in [2.75, 3.05) is 6.61 Å². The van der Waals surface area contributed by atoms with Crippen LogP contribution in [0.2, 0.25) is 0 Å². The van der Waals surface area contributed by atoms with Crippen LogP contribution in [-0.4, -0.2) is 23.7 Å². The standard InChI is InChI=1S/C15H9F6NO3/c16-14(17,18)8-24-12-6-5-9(7-22-12)13(23)25-11-4-2-1-3-10(11)15(19,20)21/h1-7H,8H2. The summed E-state index contributed by atoms with van der Waals surface area (Å²) in [4.78, 5) is 15.3. The van der Waals surface area contributed by atoms with Gasteiger partial charge in [0.1, 0.15) is 5.75 Å². The molecule has 10 heteroatoms. The Morgan fingerprint density at radius 2 is 1.68 bits per heavy atom. The quantitative estimate of drug-likeness (QED) is 0.462. The van der Waals surface area contributed by atoms with Crippen LogP contribution >= 0.6 is 0 Å². The number of aromatic nitrogens is 1. The second-order valence-corrected chi connectivity index (χ2v) is 4.67. The van der Waals surface area contributed by atoms with E-state index >= 15 is 0 Å². The molecule has 0 unspecified atom stereocenters. The Hall–Kier alpha value is -2.78. The molecule has 134 valence electrons. The molecule has 1 aromatic carbocycles. The van der Waals surface area contributed by atoms with E-state index < -0.39 is 42.1 Å². The summed E-state index contributed by atoms with van der Waals surface area (Å²) in [5.74, 6) is -2.24. The largest absolute Gasteiger partial charge is 0.468 e. The Labute approximate surface area is 137 Å². The van der Waals surface area contributed by atoms with Crippen LogP contribution < -0.4 is 9.47 Å². The Morgan fingerprint density at radius 3 is 2.24 bits per heavy atom. The first kappa shape index (κ1) is 18.6. The number of ether oxygens (including phenoxy) is 2. The van der Waals surface area contributed by atoms with Crippen molar-refractivity contribution in [3.05, 3.63) is 53.7 Å². The predicted octanol–water partition coefficient (Wildman–Crippen LogP) is 4.26. The number of para-hydroxylation sites is 1. The van der Waals surface area contributed by atoms with Gasteiger partial charge in [-0.05, 0) is 18.2 Å². The maximum atomic E-state index is 12.8. The molecule has 0 N–H and O–H groups in total. The number of carbonyl (C=O) groups is 1. The Kier molecular flexibility index (Phi) is 5.19. The summed E-state index contributed by atoms with van der Waals surface area (Å²) in [6.45, 7) is -1.57. The van der Waals surface area contributed by atoms with Gasteiger partial charge in [0.25, 0.3) is 0 Å². The Bertz CT molecular complexity index is 740. The fraction of sp³-hybridized carbons (Fsp3) is 0.200. The van der Waals surface area contributed by atoms with Crippen molar-refractivity contribution in [3.8, 4) is 11.6 Å². The van der Waals surface area contributed by atoms with Gasteiger partial charge in [0.2, 0.25) is 5.88 Å². The van der Waals surface area contributed by atoms with E-state index in [9.17, 15) is 31.1 Å². The number of benzene rings is 1. The van der Waals surface area contributed by atoms with E-state index in [2.05, 4.69) is 9.72 Å². The third kappa shape index (κ3) is 5.37. The highest BCUT2D eigenvalue weighted by atomic mass is 19.4. The molecule has 25 heavy (non-hydrogen) atoms. The van der Waals surface area contributed by atoms with Crippen molar-refractivity contribution >= 4 is 5.97 Å². The van der Waals surface area contributed by atoms with Crippen LogP contribution in [0.3, 0.4) is 0 Å². The average molecular weight is 365 g/mol. The number of nitrogens with zero attached hydrogens (tertiary/aromatic N) is 1. The molecule has 0 fully saturated rings. The molecule has 0 radical (unpaired) electrons. The van der Waals surface area contributed by atoms with E-state index in [1.54, 1.807) is 0 Å². The zero-order chi connectivity index (χ0) is 18.7. The molecule has 0 bridgehead atoms. The average Bonchev–Trinajstić information content (AvgIpc) is 2.52. The third-order valence-electron chi connectivity index (χ3n) is 2.75. The number of alkyl halides is 6. The second kappa shape index (κ2) is 6.99. The Morgan fingerprint density at radius 1 is 1.00 bits per heavy atom. The van der Waals surface area contributed by atoms with Crippen LogP contribution in [0.1, 0.15) is 15.9 Å². The molecule has 4 nitrogen and oxygen atoms in total. The summed E-state index contributed by atoms with van der Waals surface area (Å²) in [6.07, 6.45) is -8.44. The molecule has 1 aromatic heterocycles. The van der Waals surface area contributed by atoms with Gasteiger partial charge in [-0.25, -0.2) is 9.78 Å². The lowest BCUT2D eigenvalue weighted by atomic mass is 10.2. The molecule has 1 heterocycles. The van der Waals surface area contributed by atoms with Crippen LogP contribution in [0.15, 0.2) is 42.6 Å². The highest BCUT2D eigenvalue weighted by Crippen LogP contribution is 2.36. The predicted molar refractivity (Wildman–Crippen MR) is 72.2 cm³/mol. The molecule has 2 rings (SSSR count). The van der Waals surface area contributed by atoms with E-state index in [1.165, 1.54) is 6.07 Å². The van der Waals surface area contributed by atoms with E-state index in [0.717, 1.165) is 36.5 Å². The Balaban J connectivity index is 2.10. The number of hydrogen-bond acceptors (Lipinski definition) is 4. The zero-order valence-electron chi connectivity index (χ0n) is 12.2. The zero-order valence-corrected chi connectivity index (χ0v) is 12.2. The molecule has 0 aliphatic carbocycles. The molecule has 0 amide bonds. The van der Waals surface area contributed by atoms with E-state index in [0.29, 0.717) is 0 Å². The summed E-state index contributed by atoms with van der Waals surface area (Å²) in [6, 6.07) is 6.10. The van der Waals surface area contributed by atoms with Crippen LogP contribution in [0.25, 0.3) is 0 Å². The van der Waals surface area contributed by atoms with Gasteiger partial charge in [0.15, 0.2) is 6.61 Å². The van der Waals surface area contributed by atoms with Crippen LogP contribution in [0.5, 0.6) is 11.6 Å². The first-order chi connectivity index (χ1) is 11.6. The van der Waals surface area contributed by atoms with Crippen molar-refractivity contribution in [2.24, 2.45) is 0 Å². The smallest absolute Gasteiger partial charge is 0.422 e. The molecule has 0 atom stereocenters. The summed E-state index contributed by atoms with van der Waals surface area (Å²) in [5.41, 5.74) is -1.39. The third-order valence-corrected chi connectivity index (χ3v) is 2.75. The first-order valence-electron chi connectivity index (χ1n) is 6.60. The van der Waals surface area contributed by atoms with Gasteiger partial charge in [0.05, 0.1) is 11.1 Å². The lowest BCUT2D eigenvalue weighted by molar-refractivity contribution is -0.154. The van der Waals surface area contributed by atoms with Gasteiger partial charge in [-0.1, -0.05) is 12.1 Å². The second-order valence-electron chi connectivity index (χ2n) is 4.67. The number of rotatable bonds is 4. The van der Waals surface area contributed by atoms with Crippen molar-refractivity contribution < 1.29 is 40.6 Å². The minimum Gasteiger partial charge on any atom is -0.468 e. The van der Waals surface area contributed by atoms with Crippen LogP contribution in [-0.2, 0) is 6.18 Å².